The number of hydrogen-bond acceptors (Lipinski definition) is 3. The number of anilines is 1. The van der Waals surface area contributed by atoms with Gasteiger partial charge in [-0.25, -0.2) is 0 Å². The molecule has 0 fully saturated rings. The number of amides is 2. The Kier molecular flexibility index (Phi) is 5.23. The molecule has 3 rings (SSSR count). The van der Waals surface area contributed by atoms with Crippen LogP contribution < -0.4 is 5.32 Å². The normalized spacial score (nSPS) is 13.2. The number of likely N-dealkylation sites (N-methyl/N-ethyl adjacent to an activating group) is 1. The van der Waals surface area contributed by atoms with Gasteiger partial charge in [0.15, 0.2) is 0 Å². The maximum absolute atomic E-state index is 12.6. The van der Waals surface area contributed by atoms with Crippen LogP contribution in [0.25, 0.3) is 0 Å². The second-order valence-corrected chi connectivity index (χ2v) is 7.93. The minimum Gasteiger partial charge on any atom is -0.332 e. The van der Waals surface area contributed by atoms with Crippen LogP contribution in [0, 0.1) is 13.8 Å². The fourth-order valence-electron chi connectivity index (χ4n) is 3.13. The second kappa shape index (κ2) is 7.40. The van der Waals surface area contributed by atoms with Crippen molar-refractivity contribution in [3.63, 3.8) is 0 Å². The molecule has 0 bridgehead atoms. The third-order valence-corrected chi connectivity index (χ3v) is 5.83. The quantitative estimate of drug-likeness (QED) is 0.902. The number of hydrogen-bond donors (Lipinski definition) is 1. The standard InChI is InChI=1S/C20H24N2O2S/c1-13-8-9-14(2)16(10-13)21-19(23)12-22(3)20(24)18-11-15-6-4-5-7-17(15)25-18/h8-11H,4-7,12H2,1-3H3,(H,21,23). The fourth-order valence-corrected chi connectivity index (χ4v) is 4.38. The van der Waals surface area contributed by atoms with Crippen LogP contribution in [0.15, 0.2) is 24.3 Å². The van der Waals surface area contributed by atoms with Crippen molar-refractivity contribution in [2.75, 3.05) is 18.9 Å². The van der Waals surface area contributed by atoms with Gasteiger partial charge in [-0.2, -0.15) is 0 Å². The van der Waals surface area contributed by atoms with E-state index in [4.69, 9.17) is 0 Å². The van der Waals surface area contributed by atoms with E-state index in [-0.39, 0.29) is 18.4 Å². The molecule has 0 radical (unpaired) electrons. The highest BCUT2D eigenvalue weighted by atomic mass is 32.1. The molecule has 0 saturated heterocycles. The number of carbonyl (C=O) groups is 2. The van der Waals surface area contributed by atoms with Crippen molar-refractivity contribution >= 4 is 28.8 Å². The van der Waals surface area contributed by atoms with Gasteiger partial charge < -0.3 is 10.2 Å². The van der Waals surface area contributed by atoms with Crippen LogP contribution >= 0.6 is 11.3 Å². The van der Waals surface area contributed by atoms with Gasteiger partial charge in [0.1, 0.15) is 0 Å². The van der Waals surface area contributed by atoms with E-state index in [1.54, 1.807) is 18.4 Å². The summed E-state index contributed by atoms with van der Waals surface area (Å²) in [7, 11) is 1.68. The largest absolute Gasteiger partial charge is 0.332 e. The Labute approximate surface area is 152 Å². The fraction of sp³-hybridized carbons (Fsp3) is 0.400. The minimum absolute atomic E-state index is 0.0504. The lowest BCUT2D eigenvalue weighted by Crippen LogP contribution is -2.34. The SMILES string of the molecule is Cc1ccc(C)c(NC(=O)CN(C)C(=O)c2cc3c(s2)CCCC3)c1. The number of carbonyl (C=O) groups excluding carboxylic acids is 2. The highest BCUT2D eigenvalue weighted by Gasteiger charge is 2.21. The van der Waals surface area contributed by atoms with Gasteiger partial charge in [0, 0.05) is 17.6 Å². The zero-order valence-electron chi connectivity index (χ0n) is 15.0. The molecular weight excluding hydrogens is 332 g/mol. The summed E-state index contributed by atoms with van der Waals surface area (Å²) in [5.74, 6) is -0.249. The van der Waals surface area contributed by atoms with Gasteiger partial charge in [0.2, 0.25) is 5.91 Å². The van der Waals surface area contributed by atoms with Gasteiger partial charge in [0.25, 0.3) is 5.91 Å². The highest BCUT2D eigenvalue weighted by molar-refractivity contribution is 7.14. The first-order valence-corrected chi connectivity index (χ1v) is 9.50. The van der Waals surface area contributed by atoms with E-state index < -0.39 is 0 Å². The summed E-state index contributed by atoms with van der Waals surface area (Å²) < 4.78 is 0. The van der Waals surface area contributed by atoms with Crippen LogP contribution in [0.1, 0.15) is 44.1 Å². The molecule has 132 valence electrons. The van der Waals surface area contributed by atoms with Crippen LogP contribution in [0.4, 0.5) is 5.69 Å². The average Bonchev–Trinajstić information content (AvgIpc) is 3.01. The molecule has 1 aromatic heterocycles. The summed E-state index contributed by atoms with van der Waals surface area (Å²) in [6.45, 7) is 4.00. The predicted molar refractivity (Wildman–Crippen MR) is 102 cm³/mol. The van der Waals surface area contributed by atoms with Crippen LogP contribution in [0.5, 0.6) is 0 Å². The van der Waals surface area contributed by atoms with Gasteiger partial charge in [-0.1, -0.05) is 12.1 Å². The average molecular weight is 356 g/mol. The van der Waals surface area contributed by atoms with Crippen molar-refractivity contribution in [3.8, 4) is 0 Å². The minimum atomic E-state index is -0.175. The van der Waals surface area contributed by atoms with Crippen LogP contribution in [-0.4, -0.2) is 30.3 Å². The molecule has 4 nitrogen and oxygen atoms in total. The van der Waals surface area contributed by atoms with Gasteiger partial charge in [0.05, 0.1) is 11.4 Å². The highest BCUT2D eigenvalue weighted by Crippen LogP contribution is 2.30. The number of rotatable bonds is 4. The summed E-state index contributed by atoms with van der Waals surface area (Å²) in [6, 6.07) is 7.96. The predicted octanol–water partition coefficient (Wildman–Crippen LogP) is 3.95. The van der Waals surface area contributed by atoms with Crippen molar-refractivity contribution in [1.82, 2.24) is 4.90 Å². The Morgan fingerprint density at radius 2 is 1.92 bits per heavy atom. The van der Waals surface area contributed by atoms with E-state index >= 15 is 0 Å². The van der Waals surface area contributed by atoms with Crippen molar-refractivity contribution in [2.45, 2.75) is 39.5 Å². The van der Waals surface area contributed by atoms with Gasteiger partial charge >= 0.3 is 0 Å². The van der Waals surface area contributed by atoms with Crippen molar-refractivity contribution < 1.29 is 9.59 Å². The van der Waals surface area contributed by atoms with Crippen molar-refractivity contribution in [3.05, 3.63) is 50.7 Å². The first-order chi connectivity index (χ1) is 11.9. The number of thiophene rings is 1. The number of benzene rings is 1. The molecule has 0 atom stereocenters. The molecule has 2 aromatic rings. The Morgan fingerprint density at radius 3 is 2.68 bits per heavy atom. The zero-order chi connectivity index (χ0) is 18.0. The Morgan fingerprint density at radius 1 is 1.16 bits per heavy atom. The van der Waals surface area contributed by atoms with Crippen LogP contribution in [0.3, 0.4) is 0 Å². The van der Waals surface area contributed by atoms with E-state index in [1.165, 1.54) is 28.2 Å². The summed E-state index contributed by atoms with van der Waals surface area (Å²) in [6.07, 6.45) is 4.54. The molecule has 2 amide bonds. The molecule has 5 heteroatoms. The van der Waals surface area contributed by atoms with Crippen LogP contribution in [-0.2, 0) is 17.6 Å². The molecule has 25 heavy (non-hydrogen) atoms. The summed E-state index contributed by atoms with van der Waals surface area (Å²) in [5, 5.41) is 2.91. The molecule has 1 heterocycles. The Hall–Kier alpha value is -2.14. The lowest BCUT2D eigenvalue weighted by Gasteiger charge is -2.16. The molecule has 1 aliphatic carbocycles. The van der Waals surface area contributed by atoms with E-state index in [0.717, 1.165) is 34.5 Å². The monoisotopic (exact) mass is 356 g/mol. The Bertz CT molecular complexity index is 787. The molecule has 1 N–H and O–H groups in total. The number of nitrogens with one attached hydrogen (secondary N) is 1. The first-order valence-electron chi connectivity index (χ1n) is 8.68. The van der Waals surface area contributed by atoms with E-state index in [1.807, 2.05) is 38.1 Å². The molecule has 0 aliphatic heterocycles. The number of nitrogens with zero attached hydrogens (tertiary/aromatic N) is 1. The molecule has 0 unspecified atom stereocenters. The summed E-state index contributed by atoms with van der Waals surface area (Å²) >= 11 is 1.58. The van der Waals surface area contributed by atoms with Crippen molar-refractivity contribution in [2.24, 2.45) is 0 Å². The van der Waals surface area contributed by atoms with Gasteiger partial charge in [-0.3, -0.25) is 9.59 Å². The van der Waals surface area contributed by atoms with Crippen LogP contribution in [0.2, 0.25) is 0 Å². The van der Waals surface area contributed by atoms with Gasteiger partial charge in [-0.05, 0) is 68.4 Å². The molecule has 0 spiro atoms. The molecule has 1 aromatic carbocycles. The maximum atomic E-state index is 12.6. The maximum Gasteiger partial charge on any atom is 0.264 e. The lowest BCUT2D eigenvalue weighted by atomic mass is 9.99. The molecule has 0 saturated carbocycles. The summed E-state index contributed by atoms with van der Waals surface area (Å²) in [4.78, 5) is 28.5. The number of fused-ring (bicyclic) bond motifs is 1. The molecular formula is C20H24N2O2S. The number of aryl methyl sites for hydroxylation is 4. The van der Waals surface area contributed by atoms with Gasteiger partial charge in [-0.15, -0.1) is 11.3 Å². The topological polar surface area (TPSA) is 49.4 Å². The smallest absolute Gasteiger partial charge is 0.264 e. The lowest BCUT2D eigenvalue weighted by molar-refractivity contribution is -0.116. The van der Waals surface area contributed by atoms with E-state index in [2.05, 4.69) is 5.32 Å². The third-order valence-electron chi connectivity index (χ3n) is 4.60. The van der Waals surface area contributed by atoms with E-state index in [0.29, 0.717) is 0 Å². The Balaban J connectivity index is 1.63. The zero-order valence-corrected chi connectivity index (χ0v) is 15.8. The molecule has 1 aliphatic rings. The second-order valence-electron chi connectivity index (χ2n) is 6.79. The third kappa shape index (κ3) is 4.10. The van der Waals surface area contributed by atoms with Crippen molar-refractivity contribution in [1.29, 1.82) is 0 Å². The summed E-state index contributed by atoms with van der Waals surface area (Å²) in [5.41, 5.74) is 4.22. The first kappa shape index (κ1) is 17.7. The van der Waals surface area contributed by atoms with E-state index in [9.17, 15) is 9.59 Å².